The smallest absolute Gasteiger partial charge is 0.280 e. The van der Waals surface area contributed by atoms with E-state index in [1.54, 1.807) is 23.6 Å². The van der Waals surface area contributed by atoms with Crippen LogP contribution in [0.1, 0.15) is 25.2 Å². The Labute approximate surface area is 122 Å². The maximum Gasteiger partial charge on any atom is 0.280 e. The van der Waals surface area contributed by atoms with Gasteiger partial charge in [0.05, 0.1) is 10.5 Å². The highest BCUT2D eigenvalue weighted by atomic mass is 16.6. The van der Waals surface area contributed by atoms with Crippen molar-refractivity contribution in [2.45, 2.75) is 33.9 Å². The summed E-state index contributed by atoms with van der Waals surface area (Å²) in [6.45, 7) is 6.19. The number of nitro benzene ring substituents is 1. The van der Waals surface area contributed by atoms with Crippen molar-refractivity contribution in [2.24, 2.45) is 5.92 Å². The molecule has 0 aliphatic heterocycles. The molecule has 0 saturated carbocycles. The van der Waals surface area contributed by atoms with Gasteiger partial charge in [-0.3, -0.25) is 10.1 Å². The van der Waals surface area contributed by atoms with Crippen LogP contribution >= 0.6 is 0 Å². The lowest BCUT2D eigenvalue weighted by Gasteiger charge is -2.13. The number of hydrogen-bond acceptors (Lipinski definition) is 5. The molecule has 7 nitrogen and oxygen atoms in total. The first-order valence-corrected chi connectivity index (χ1v) is 6.73. The van der Waals surface area contributed by atoms with Crippen molar-refractivity contribution in [1.29, 1.82) is 0 Å². The van der Waals surface area contributed by atoms with Crippen LogP contribution in [0.2, 0.25) is 0 Å². The first-order chi connectivity index (χ1) is 9.95. The summed E-state index contributed by atoms with van der Waals surface area (Å²) >= 11 is 0. The molecule has 0 radical (unpaired) electrons. The standard InChI is InChI=1S/C14H18N4O3/c1-9(2)7-17-12(8-19)15-16-14(17)13-10(3)5-4-6-11(13)18(20)21/h4-6,9,19H,7-8H2,1-3H3. The molecule has 0 amide bonds. The largest absolute Gasteiger partial charge is 0.388 e. The van der Waals surface area contributed by atoms with Crippen LogP contribution in [0.4, 0.5) is 5.69 Å². The topological polar surface area (TPSA) is 94.1 Å². The third-order valence-corrected chi connectivity index (χ3v) is 3.19. The van der Waals surface area contributed by atoms with Crippen molar-refractivity contribution in [2.75, 3.05) is 0 Å². The molecule has 1 aromatic heterocycles. The van der Waals surface area contributed by atoms with E-state index in [1.807, 2.05) is 13.8 Å². The van der Waals surface area contributed by atoms with Crippen LogP contribution in [0.3, 0.4) is 0 Å². The zero-order chi connectivity index (χ0) is 15.6. The van der Waals surface area contributed by atoms with Gasteiger partial charge in [-0.05, 0) is 18.4 Å². The van der Waals surface area contributed by atoms with Crippen LogP contribution in [-0.2, 0) is 13.2 Å². The van der Waals surface area contributed by atoms with E-state index < -0.39 is 4.92 Å². The average Bonchev–Trinajstić information content (AvgIpc) is 2.80. The Balaban J connectivity index is 2.67. The minimum Gasteiger partial charge on any atom is -0.388 e. The van der Waals surface area contributed by atoms with Crippen LogP contribution in [0.5, 0.6) is 0 Å². The van der Waals surface area contributed by atoms with Gasteiger partial charge in [0.1, 0.15) is 6.61 Å². The second-order valence-electron chi connectivity index (χ2n) is 5.33. The van der Waals surface area contributed by atoms with E-state index in [2.05, 4.69) is 10.2 Å². The molecular weight excluding hydrogens is 272 g/mol. The molecule has 7 heteroatoms. The lowest BCUT2D eigenvalue weighted by atomic mass is 10.1. The van der Waals surface area contributed by atoms with Gasteiger partial charge in [0.25, 0.3) is 5.69 Å². The fourth-order valence-corrected chi connectivity index (χ4v) is 2.29. The molecule has 0 unspecified atom stereocenters. The van der Waals surface area contributed by atoms with E-state index in [-0.39, 0.29) is 12.3 Å². The summed E-state index contributed by atoms with van der Waals surface area (Å²) in [7, 11) is 0. The monoisotopic (exact) mass is 290 g/mol. The Bertz CT molecular complexity index is 664. The molecule has 0 atom stereocenters. The van der Waals surface area contributed by atoms with Crippen LogP contribution in [0.25, 0.3) is 11.4 Å². The second-order valence-corrected chi connectivity index (χ2v) is 5.33. The highest BCUT2D eigenvalue weighted by molar-refractivity contribution is 5.72. The van der Waals surface area contributed by atoms with E-state index in [1.165, 1.54) is 6.07 Å². The lowest BCUT2D eigenvalue weighted by Crippen LogP contribution is -2.11. The molecule has 0 aliphatic carbocycles. The average molecular weight is 290 g/mol. The van der Waals surface area contributed by atoms with Crippen molar-refractivity contribution < 1.29 is 10.0 Å². The van der Waals surface area contributed by atoms with Crippen molar-refractivity contribution in [1.82, 2.24) is 14.8 Å². The van der Waals surface area contributed by atoms with Gasteiger partial charge >= 0.3 is 0 Å². The summed E-state index contributed by atoms with van der Waals surface area (Å²) in [5, 5.41) is 28.6. The molecule has 2 aromatic rings. The van der Waals surface area contributed by atoms with Crippen molar-refractivity contribution in [3.05, 3.63) is 39.7 Å². The maximum absolute atomic E-state index is 11.3. The van der Waals surface area contributed by atoms with E-state index in [9.17, 15) is 15.2 Å². The van der Waals surface area contributed by atoms with E-state index in [0.29, 0.717) is 29.7 Å². The molecular formula is C14H18N4O3. The molecule has 0 bridgehead atoms. The van der Waals surface area contributed by atoms with Crippen molar-refractivity contribution >= 4 is 5.69 Å². The highest BCUT2D eigenvalue weighted by Crippen LogP contribution is 2.32. The molecule has 1 aromatic carbocycles. The number of aryl methyl sites for hydroxylation is 1. The fourth-order valence-electron chi connectivity index (χ4n) is 2.29. The highest BCUT2D eigenvalue weighted by Gasteiger charge is 2.24. The molecule has 0 saturated heterocycles. The van der Waals surface area contributed by atoms with E-state index >= 15 is 0 Å². The summed E-state index contributed by atoms with van der Waals surface area (Å²) in [5.41, 5.74) is 1.21. The molecule has 2 rings (SSSR count). The predicted octanol–water partition coefficient (Wildman–Crippen LogP) is 2.31. The maximum atomic E-state index is 11.3. The van der Waals surface area contributed by atoms with Crippen molar-refractivity contribution in [3.8, 4) is 11.4 Å². The normalized spacial score (nSPS) is 11.1. The molecule has 0 spiro atoms. The van der Waals surface area contributed by atoms with E-state index in [0.717, 1.165) is 5.56 Å². The number of aliphatic hydroxyl groups is 1. The Morgan fingerprint density at radius 1 is 1.38 bits per heavy atom. The molecule has 1 heterocycles. The number of hydrogen-bond donors (Lipinski definition) is 1. The Kier molecular flexibility index (Phi) is 4.32. The number of aromatic nitrogens is 3. The first-order valence-electron chi connectivity index (χ1n) is 6.73. The molecule has 1 N–H and O–H groups in total. The van der Waals surface area contributed by atoms with Crippen molar-refractivity contribution in [3.63, 3.8) is 0 Å². The minimum atomic E-state index is -0.421. The number of aliphatic hydroxyl groups excluding tert-OH is 1. The van der Waals surface area contributed by atoms with Gasteiger partial charge in [-0.1, -0.05) is 26.0 Å². The second kappa shape index (κ2) is 6.01. The van der Waals surface area contributed by atoms with Crippen LogP contribution in [-0.4, -0.2) is 24.8 Å². The zero-order valence-electron chi connectivity index (χ0n) is 12.3. The summed E-state index contributed by atoms with van der Waals surface area (Å²) in [6.07, 6.45) is 0. The lowest BCUT2D eigenvalue weighted by molar-refractivity contribution is -0.384. The van der Waals surface area contributed by atoms with Crippen LogP contribution in [0.15, 0.2) is 18.2 Å². The molecule has 112 valence electrons. The fraction of sp³-hybridized carbons (Fsp3) is 0.429. The van der Waals surface area contributed by atoms with Gasteiger partial charge < -0.3 is 9.67 Å². The van der Waals surface area contributed by atoms with Gasteiger partial charge in [-0.2, -0.15) is 0 Å². The number of rotatable bonds is 5. The summed E-state index contributed by atoms with van der Waals surface area (Å²) in [5.74, 6) is 1.14. The predicted molar refractivity (Wildman–Crippen MR) is 77.6 cm³/mol. The third-order valence-electron chi connectivity index (χ3n) is 3.19. The van der Waals surface area contributed by atoms with Gasteiger partial charge in [0.2, 0.25) is 0 Å². The Hall–Kier alpha value is -2.28. The van der Waals surface area contributed by atoms with Gasteiger partial charge in [0, 0.05) is 12.6 Å². The summed E-state index contributed by atoms with van der Waals surface area (Å²) < 4.78 is 1.75. The van der Waals surface area contributed by atoms with Gasteiger partial charge in [0.15, 0.2) is 11.6 Å². The Morgan fingerprint density at radius 2 is 2.10 bits per heavy atom. The SMILES string of the molecule is Cc1cccc([N+](=O)[O-])c1-c1nnc(CO)n1CC(C)C. The molecule has 0 aliphatic rings. The Morgan fingerprint density at radius 3 is 2.67 bits per heavy atom. The molecule has 0 fully saturated rings. The zero-order valence-corrected chi connectivity index (χ0v) is 12.3. The molecule has 21 heavy (non-hydrogen) atoms. The first kappa shape index (κ1) is 15.1. The quantitative estimate of drug-likeness (QED) is 0.673. The number of benzene rings is 1. The van der Waals surface area contributed by atoms with Gasteiger partial charge in [-0.25, -0.2) is 0 Å². The number of nitro groups is 1. The minimum absolute atomic E-state index is 0.00287. The van der Waals surface area contributed by atoms with Crippen LogP contribution in [0, 0.1) is 23.0 Å². The van der Waals surface area contributed by atoms with Crippen LogP contribution < -0.4 is 0 Å². The number of nitrogens with zero attached hydrogens (tertiary/aromatic N) is 4. The third kappa shape index (κ3) is 2.92. The summed E-state index contributed by atoms with van der Waals surface area (Å²) in [4.78, 5) is 10.8. The van der Waals surface area contributed by atoms with Gasteiger partial charge in [-0.15, -0.1) is 10.2 Å². The van der Waals surface area contributed by atoms with E-state index in [4.69, 9.17) is 0 Å². The summed E-state index contributed by atoms with van der Waals surface area (Å²) in [6, 6.07) is 4.90.